The maximum absolute atomic E-state index is 11.9. The number of nitrogens with zero attached hydrogens (tertiary/aromatic N) is 1. The molecule has 1 saturated heterocycles. The summed E-state index contributed by atoms with van der Waals surface area (Å²) in [5.74, 6) is -1.45. The summed E-state index contributed by atoms with van der Waals surface area (Å²) in [4.78, 5) is 47.2. The molecule has 2 heterocycles. The van der Waals surface area contributed by atoms with Crippen molar-refractivity contribution in [3.8, 4) is 0 Å². The summed E-state index contributed by atoms with van der Waals surface area (Å²) >= 11 is 3.11. The van der Waals surface area contributed by atoms with Gasteiger partial charge in [-0.05, 0) is 13.8 Å². The van der Waals surface area contributed by atoms with E-state index in [4.69, 9.17) is 4.74 Å². The summed E-state index contributed by atoms with van der Waals surface area (Å²) in [5, 5.41) is 20.6. The van der Waals surface area contributed by atoms with E-state index in [2.05, 4.69) is 15.9 Å². The number of aliphatic hydroxyl groups excluding tert-OH is 1. The molecule has 126 valence electrons. The largest absolute Gasteiger partial charge is 0.382 e. The number of nitrogens with one attached hydrogen (secondary N) is 1. The number of carbonyl (C=O) groups is 2. The molecule has 1 fully saturated rings. The van der Waals surface area contributed by atoms with Crippen LogP contribution in [0.25, 0.3) is 0 Å². The molecule has 1 unspecified atom stereocenters. The highest BCUT2D eigenvalue weighted by molar-refractivity contribution is 9.09. The van der Waals surface area contributed by atoms with Crippen LogP contribution in [0.15, 0.2) is 21.9 Å². The van der Waals surface area contributed by atoms with E-state index in [1.165, 1.54) is 0 Å². The number of hydrogen-bond donors (Lipinski definition) is 3. The fourth-order valence-corrected chi connectivity index (χ4v) is 3.42. The molecule has 10 heteroatoms. The van der Waals surface area contributed by atoms with Gasteiger partial charge in [0.25, 0.3) is 5.56 Å². The summed E-state index contributed by atoms with van der Waals surface area (Å²) < 4.78 is 6.38. The van der Waals surface area contributed by atoms with E-state index in [1.54, 1.807) is 0 Å². The lowest BCUT2D eigenvalue weighted by atomic mass is 9.86. The highest BCUT2D eigenvalue weighted by Crippen LogP contribution is 2.43. The standard InChI is InChI=1S/C13H15BrN2O7/c1-5(17)8(20)10-13(22,6(2)18)9(14)11(23-10)16-4-3-7(19)15-12(16)21/h3-4,8-11,20,22H,1-2H3,(H,15,19,21)/t8?,9-,10+,11+,13-/m0/s1. The molecule has 0 aromatic carbocycles. The van der Waals surface area contributed by atoms with Crippen molar-refractivity contribution in [1.82, 2.24) is 9.55 Å². The van der Waals surface area contributed by atoms with Gasteiger partial charge in [0, 0.05) is 12.3 Å². The van der Waals surface area contributed by atoms with Crippen LogP contribution in [0, 0.1) is 0 Å². The lowest BCUT2D eigenvalue weighted by Gasteiger charge is -2.30. The zero-order chi connectivity index (χ0) is 17.5. The molecule has 0 bridgehead atoms. The number of aromatic amines is 1. The molecule has 1 aromatic heterocycles. The number of carbonyl (C=O) groups excluding carboxylic acids is 2. The lowest BCUT2D eigenvalue weighted by molar-refractivity contribution is -0.158. The smallest absolute Gasteiger partial charge is 0.330 e. The minimum Gasteiger partial charge on any atom is -0.382 e. The summed E-state index contributed by atoms with van der Waals surface area (Å²) in [6.45, 7) is 2.16. The Morgan fingerprint density at radius 1 is 1.43 bits per heavy atom. The Balaban J connectivity index is 2.53. The Kier molecular flexibility index (Phi) is 4.71. The number of ketones is 2. The van der Waals surface area contributed by atoms with E-state index in [-0.39, 0.29) is 0 Å². The van der Waals surface area contributed by atoms with Crippen LogP contribution in [-0.4, -0.2) is 54.0 Å². The Hall–Kier alpha value is -1.62. The number of halogens is 1. The number of H-pyrrole nitrogens is 1. The number of Topliss-reactive ketones (excluding diaryl/α,β-unsaturated/α-hetero) is 2. The normalized spacial score (nSPS) is 31.8. The molecule has 23 heavy (non-hydrogen) atoms. The van der Waals surface area contributed by atoms with Gasteiger partial charge in [0.05, 0.1) is 4.83 Å². The average Bonchev–Trinajstić information content (AvgIpc) is 2.72. The zero-order valence-corrected chi connectivity index (χ0v) is 13.8. The predicted molar refractivity (Wildman–Crippen MR) is 80.3 cm³/mol. The molecule has 0 spiro atoms. The van der Waals surface area contributed by atoms with Crippen LogP contribution in [0.1, 0.15) is 20.1 Å². The van der Waals surface area contributed by atoms with E-state index < -0.39 is 51.7 Å². The molecule has 1 aliphatic heterocycles. The van der Waals surface area contributed by atoms with Gasteiger partial charge >= 0.3 is 5.69 Å². The molecule has 1 aliphatic rings. The fraction of sp³-hybridized carbons (Fsp3) is 0.538. The van der Waals surface area contributed by atoms with Crippen molar-refractivity contribution in [2.24, 2.45) is 0 Å². The van der Waals surface area contributed by atoms with Crippen molar-refractivity contribution < 1.29 is 24.5 Å². The highest BCUT2D eigenvalue weighted by Gasteiger charge is 2.61. The second-order valence-electron chi connectivity index (χ2n) is 5.30. The minimum atomic E-state index is -2.23. The van der Waals surface area contributed by atoms with Crippen LogP contribution in [0.5, 0.6) is 0 Å². The first kappa shape index (κ1) is 17.7. The van der Waals surface area contributed by atoms with Gasteiger partial charge in [-0.1, -0.05) is 15.9 Å². The maximum Gasteiger partial charge on any atom is 0.330 e. The molecular formula is C13H15BrN2O7. The summed E-state index contributed by atoms with van der Waals surface area (Å²) in [5.41, 5.74) is -3.68. The Labute approximate surface area is 138 Å². The van der Waals surface area contributed by atoms with Crippen molar-refractivity contribution in [2.75, 3.05) is 0 Å². The SMILES string of the molecule is CC(=O)C(O)[C@H]1O[C@@H](n2ccc(=O)[nH]c2=O)[C@H](Br)[C@@]1(O)C(C)=O. The van der Waals surface area contributed by atoms with E-state index in [0.29, 0.717) is 0 Å². The van der Waals surface area contributed by atoms with Gasteiger partial charge in [0.15, 0.2) is 23.4 Å². The molecule has 0 aliphatic carbocycles. The van der Waals surface area contributed by atoms with Crippen LogP contribution in [0.4, 0.5) is 0 Å². The zero-order valence-electron chi connectivity index (χ0n) is 12.2. The first-order valence-electron chi connectivity index (χ1n) is 6.63. The van der Waals surface area contributed by atoms with Crippen LogP contribution in [0.2, 0.25) is 0 Å². The van der Waals surface area contributed by atoms with Crippen molar-refractivity contribution in [3.05, 3.63) is 33.1 Å². The summed E-state index contributed by atoms with van der Waals surface area (Å²) in [6, 6.07) is 1.06. The average molecular weight is 391 g/mol. The van der Waals surface area contributed by atoms with Crippen LogP contribution < -0.4 is 11.2 Å². The highest BCUT2D eigenvalue weighted by atomic mass is 79.9. The predicted octanol–water partition coefficient (Wildman–Crippen LogP) is -1.53. The first-order chi connectivity index (χ1) is 10.6. The second kappa shape index (κ2) is 6.11. The maximum atomic E-state index is 11.9. The molecule has 0 amide bonds. The van der Waals surface area contributed by atoms with E-state index >= 15 is 0 Å². The number of alkyl halides is 1. The van der Waals surface area contributed by atoms with Gasteiger partial charge in [-0.25, -0.2) is 4.79 Å². The van der Waals surface area contributed by atoms with Gasteiger partial charge < -0.3 is 14.9 Å². The van der Waals surface area contributed by atoms with Crippen molar-refractivity contribution in [1.29, 1.82) is 0 Å². The third-order valence-corrected chi connectivity index (χ3v) is 4.93. The lowest BCUT2D eigenvalue weighted by Crippen LogP contribution is -2.56. The number of aliphatic hydroxyl groups is 2. The van der Waals surface area contributed by atoms with Crippen molar-refractivity contribution >= 4 is 27.5 Å². The fourth-order valence-electron chi connectivity index (χ4n) is 2.45. The molecular weight excluding hydrogens is 376 g/mol. The van der Waals surface area contributed by atoms with Gasteiger partial charge in [-0.2, -0.15) is 0 Å². The summed E-state index contributed by atoms with van der Waals surface area (Å²) in [6.07, 6.45) is -3.41. The van der Waals surface area contributed by atoms with Gasteiger partial charge in [-0.15, -0.1) is 0 Å². The van der Waals surface area contributed by atoms with E-state index in [9.17, 15) is 29.4 Å². The first-order valence-corrected chi connectivity index (χ1v) is 7.55. The van der Waals surface area contributed by atoms with E-state index in [0.717, 1.165) is 30.7 Å². The topological polar surface area (TPSA) is 139 Å². The molecule has 1 aromatic rings. The monoisotopic (exact) mass is 390 g/mol. The number of ether oxygens (including phenoxy) is 1. The molecule has 0 saturated carbocycles. The number of hydrogen-bond acceptors (Lipinski definition) is 7. The third-order valence-electron chi connectivity index (χ3n) is 3.78. The quantitative estimate of drug-likeness (QED) is 0.529. The van der Waals surface area contributed by atoms with Crippen molar-refractivity contribution in [2.45, 2.75) is 42.7 Å². The van der Waals surface area contributed by atoms with Gasteiger partial charge in [0.2, 0.25) is 0 Å². The van der Waals surface area contributed by atoms with Crippen LogP contribution >= 0.6 is 15.9 Å². The number of aromatic nitrogens is 2. The molecule has 5 atom stereocenters. The third kappa shape index (κ3) is 2.82. The molecule has 0 radical (unpaired) electrons. The van der Waals surface area contributed by atoms with Gasteiger partial charge in [0.1, 0.15) is 12.2 Å². The Morgan fingerprint density at radius 2 is 2.04 bits per heavy atom. The van der Waals surface area contributed by atoms with Crippen LogP contribution in [-0.2, 0) is 14.3 Å². The molecule has 9 nitrogen and oxygen atoms in total. The minimum absolute atomic E-state index is 0.627. The summed E-state index contributed by atoms with van der Waals surface area (Å²) in [7, 11) is 0. The van der Waals surface area contributed by atoms with Gasteiger partial charge in [-0.3, -0.25) is 23.9 Å². The molecule has 2 rings (SSSR count). The second-order valence-corrected chi connectivity index (χ2v) is 6.29. The molecule has 3 N–H and O–H groups in total. The number of rotatable bonds is 4. The Bertz CT molecular complexity index is 757. The van der Waals surface area contributed by atoms with E-state index in [1.807, 2.05) is 4.98 Å². The van der Waals surface area contributed by atoms with Crippen LogP contribution in [0.3, 0.4) is 0 Å². The Morgan fingerprint density at radius 3 is 2.52 bits per heavy atom. The van der Waals surface area contributed by atoms with Crippen molar-refractivity contribution in [3.63, 3.8) is 0 Å².